The van der Waals surface area contributed by atoms with Gasteiger partial charge in [-0.15, -0.1) is 0 Å². The van der Waals surface area contributed by atoms with E-state index in [4.69, 9.17) is 18.9 Å². The summed E-state index contributed by atoms with van der Waals surface area (Å²) in [4.78, 5) is 25.4. The molecule has 0 spiro atoms. The van der Waals surface area contributed by atoms with Gasteiger partial charge in [0, 0.05) is 12.8 Å². The Labute approximate surface area is 385 Å². The molecule has 0 saturated carbocycles. The summed E-state index contributed by atoms with van der Waals surface area (Å²) < 4.78 is 54.0. The highest BCUT2D eigenvalue weighted by atomic mass is 32.2. The van der Waals surface area contributed by atoms with E-state index < -0.39 is 71.2 Å². The Morgan fingerprint density at radius 1 is 0.531 bits per heavy atom. The molecule has 12 nitrogen and oxygen atoms in total. The Bertz CT molecular complexity index is 1540. The first-order chi connectivity index (χ1) is 31.0. The lowest BCUT2D eigenvalue weighted by molar-refractivity contribution is -0.297. The Morgan fingerprint density at radius 2 is 0.969 bits per heavy atom. The number of allylic oxidation sites excluding steroid dienone is 16. The van der Waals surface area contributed by atoms with Crippen LogP contribution < -0.4 is 0 Å². The molecule has 64 heavy (non-hydrogen) atoms. The van der Waals surface area contributed by atoms with Crippen LogP contribution in [0, 0.1) is 0 Å². The minimum absolute atomic E-state index is 0.0915. The summed E-state index contributed by atoms with van der Waals surface area (Å²) in [5, 5.41) is 30.9. The molecule has 1 fully saturated rings. The van der Waals surface area contributed by atoms with E-state index in [1.165, 1.54) is 32.1 Å². The van der Waals surface area contributed by atoms with Crippen molar-refractivity contribution < 1.29 is 56.8 Å². The zero-order valence-corrected chi connectivity index (χ0v) is 39.7. The number of carbonyl (C=O) groups excluding carboxylic acids is 2. The average molecular weight is 919 g/mol. The number of hydrogen-bond donors (Lipinski definition) is 4. The summed E-state index contributed by atoms with van der Waals surface area (Å²) in [6.07, 6.45) is 44.7. The van der Waals surface area contributed by atoms with Crippen molar-refractivity contribution in [3.63, 3.8) is 0 Å². The molecule has 364 valence electrons. The number of esters is 2. The van der Waals surface area contributed by atoms with Gasteiger partial charge in [-0.25, -0.2) is 0 Å². The standard InChI is InChI=1S/C51H82O12S/c1-3-5-7-9-11-13-15-17-18-19-20-21-22-23-24-25-26-28-30-32-34-36-38-40-47(53)62-44(42-61-51-50(56)49(55)48(54)45(63-51)43-64(57,58)59)41-60-46(52)39-37-35-33-31-29-27-16-14-12-10-8-6-4-2/h5-8,11-14,17-18,20-21,27,29,33,35,44-45,48-51,54-56H,3-4,9-10,15-16,19,22-26,28,30-32,34,36-43H2,1-2H3,(H,57,58,59)/b7-5-,8-6-,13-11-,14-12-,18-17-,21-20-,29-27-,35-33-. The van der Waals surface area contributed by atoms with Crippen molar-refractivity contribution in [3.05, 3.63) is 97.2 Å². The summed E-state index contributed by atoms with van der Waals surface area (Å²) in [5.74, 6) is -2.11. The van der Waals surface area contributed by atoms with E-state index in [1.54, 1.807) is 0 Å². The van der Waals surface area contributed by atoms with Crippen molar-refractivity contribution in [2.24, 2.45) is 0 Å². The Morgan fingerprint density at radius 3 is 1.45 bits per heavy atom. The molecule has 0 radical (unpaired) electrons. The van der Waals surface area contributed by atoms with Gasteiger partial charge in [0.2, 0.25) is 0 Å². The number of rotatable bonds is 38. The zero-order valence-electron chi connectivity index (χ0n) is 38.8. The molecular weight excluding hydrogens is 837 g/mol. The van der Waals surface area contributed by atoms with E-state index in [0.717, 1.165) is 83.5 Å². The monoisotopic (exact) mass is 919 g/mol. The van der Waals surface area contributed by atoms with E-state index in [2.05, 4.69) is 98.9 Å². The SMILES string of the molecule is CC/C=C\C/C=C\C/C=C\C/C=C\CCCCCCCCCCCCC(=O)OC(COC(=O)CC/C=C\C/C=C\C/C=C\C/C=C\CC)COC1OC(CS(=O)(=O)O)C(O)C(O)C1O. The van der Waals surface area contributed by atoms with Gasteiger partial charge in [0.15, 0.2) is 12.4 Å². The summed E-state index contributed by atoms with van der Waals surface area (Å²) >= 11 is 0. The summed E-state index contributed by atoms with van der Waals surface area (Å²) in [5.41, 5.74) is 0. The third-order valence-corrected chi connectivity index (χ3v) is 10.9. The molecule has 6 unspecified atom stereocenters. The van der Waals surface area contributed by atoms with Gasteiger partial charge in [-0.1, -0.05) is 162 Å². The molecular formula is C51H82O12S. The van der Waals surface area contributed by atoms with Crippen LogP contribution in [-0.4, -0.2) is 96.0 Å². The molecule has 4 N–H and O–H groups in total. The third kappa shape index (κ3) is 34.0. The molecule has 1 aliphatic rings. The second-order valence-corrected chi connectivity index (χ2v) is 17.5. The maximum Gasteiger partial charge on any atom is 0.306 e. The lowest BCUT2D eigenvalue weighted by Crippen LogP contribution is -2.60. The molecule has 0 aliphatic carbocycles. The molecule has 1 aliphatic heterocycles. The number of ether oxygens (including phenoxy) is 4. The minimum Gasteiger partial charge on any atom is -0.462 e. The van der Waals surface area contributed by atoms with Crippen molar-refractivity contribution in [2.75, 3.05) is 19.0 Å². The highest BCUT2D eigenvalue weighted by Gasteiger charge is 2.46. The van der Waals surface area contributed by atoms with Gasteiger partial charge in [0.25, 0.3) is 10.1 Å². The fourth-order valence-electron chi connectivity index (χ4n) is 6.56. The third-order valence-electron chi connectivity index (χ3n) is 10.2. The normalized spacial score (nSPS) is 20.5. The van der Waals surface area contributed by atoms with Gasteiger partial charge in [-0.3, -0.25) is 14.1 Å². The molecule has 1 heterocycles. The van der Waals surface area contributed by atoms with E-state index in [1.807, 2.05) is 12.2 Å². The van der Waals surface area contributed by atoms with Crippen molar-refractivity contribution in [1.82, 2.24) is 0 Å². The topological polar surface area (TPSA) is 186 Å². The number of hydrogen-bond acceptors (Lipinski definition) is 11. The quantitative estimate of drug-likeness (QED) is 0.0199. The Hall–Kier alpha value is -3.43. The molecule has 0 bridgehead atoms. The van der Waals surface area contributed by atoms with Crippen LogP contribution in [0.25, 0.3) is 0 Å². The van der Waals surface area contributed by atoms with E-state index in [9.17, 15) is 37.9 Å². The molecule has 13 heteroatoms. The van der Waals surface area contributed by atoms with Crippen LogP contribution in [0.5, 0.6) is 0 Å². The van der Waals surface area contributed by atoms with Crippen LogP contribution in [-0.2, 0) is 38.7 Å². The number of unbranched alkanes of at least 4 members (excludes halogenated alkanes) is 10. The summed E-state index contributed by atoms with van der Waals surface area (Å²) in [7, 11) is -4.62. The van der Waals surface area contributed by atoms with Gasteiger partial charge in [-0.2, -0.15) is 8.42 Å². The van der Waals surface area contributed by atoms with Crippen molar-refractivity contribution in [3.8, 4) is 0 Å². The molecule has 1 saturated heterocycles. The predicted molar refractivity (Wildman–Crippen MR) is 256 cm³/mol. The van der Waals surface area contributed by atoms with Crippen LogP contribution >= 0.6 is 0 Å². The number of aliphatic hydroxyl groups excluding tert-OH is 3. The first kappa shape index (κ1) is 58.6. The maximum absolute atomic E-state index is 12.8. The lowest BCUT2D eigenvalue weighted by atomic mass is 10.00. The first-order valence-corrected chi connectivity index (χ1v) is 25.4. The maximum atomic E-state index is 12.8. The highest BCUT2D eigenvalue weighted by molar-refractivity contribution is 7.85. The van der Waals surface area contributed by atoms with Crippen molar-refractivity contribution in [1.29, 1.82) is 0 Å². The van der Waals surface area contributed by atoms with Crippen LogP contribution in [0.15, 0.2) is 97.2 Å². The van der Waals surface area contributed by atoms with Gasteiger partial charge in [-0.05, 0) is 77.0 Å². The first-order valence-electron chi connectivity index (χ1n) is 23.8. The fraction of sp³-hybridized carbons (Fsp3) is 0.647. The summed E-state index contributed by atoms with van der Waals surface area (Å²) in [6, 6.07) is 0. The Balaban J connectivity index is 2.42. The molecule has 6 atom stereocenters. The van der Waals surface area contributed by atoms with Gasteiger partial charge in [0.1, 0.15) is 36.8 Å². The zero-order chi connectivity index (χ0) is 46.9. The molecule has 0 amide bonds. The smallest absolute Gasteiger partial charge is 0.306 e. The number of aliphatic hydroxyl groups is 3. The van der Waals surface area contributed by atoms with Crippen LogP contribution in [0.3, 0.4) is 0 Å². The molecule has 0 aromatic rings. The minimum atomic E-state index is -4.62. The highest BCUT2D eigenvalue weighted by Crippen LogP contribution is 2.24. The lowest BCUT2D eigenvalue weighted by Gasteiger charge is -2.40. The van der Waals surface area contributed by atoms with Crippen molar-refractivity contribution in [2.45, 2.75) is 192 Å². The largest absolute Gasteiger partial charge is 0.462 e. The second kappa shape index (κ2) is 39.9. The van der Waals surface area contributed by atoms with Crippen LogP contribution in [0.2, 0.25) is 0 Å². The van der Waals surface area contributed by atoms with E-state index in [0.29, 0.717) is 12.8 Å². The summed E-state index contributed by atoms with van der Waals surface area (Å²) in [6.45, 7) is 3.45. The average Bonchev–Trinajstić information content (AvgIpc) is 3.26. The molecule has 1 rings (SSSR count). The van der Waals surface area contributed by atoms with Crippen molar-refractivity contribution >= 4 is 22.1 Å². The van der Waals surface area contributed by atoms with Gasteiger partial charge < -0.3 is 34.3 Å². The van der Waals surface area contributed by atoms with Gasteiger partial charge >= 0.3 is 11.9 Å². The molecule has 0 aromatic heterocycles. The number of carbonyl (C=O) groups is 2. The van der Waals surface area contributed by atoms with E-state index >= 15 is 0 Å². The van der Waals surface area contributed by atoms with Crippen LogP contribution in [0.1, 0.15) is 155 Å². The van der Waals surface area contributed by atoms with Gasteiger partial charge in [0.05, 0.1) is 6.61 Å². The fourth-order valence-corrected chi connectivity index (χ4v) is 7.25. The Kier molecular flexibility index (Phi) is 36.5. The second-order valence-electron chi connectivity index (χ2n) is 16.0. The van der Waals surface area contributed by atoms with Crippen LogP contribution in [0.4, 0.5) is 0 Å². The predicted octanol–water partition coefficient (Wildman–Crippen LogP) is 10.2. The van der Waals surface area contributed by atoms with E-state index in [-0.39, 0.29) is 19.4 Å². The molecule has 0 aromatic carbocycles.